The summed E-state index contributed by atoms with van der Waals surface area (Å²) in [6, 6.07) is -5.71. The summed E-state index contributed by atoms with van der Waals surface area (Å²) in [6.45, 7) is 42.9. The van der Waals surface area contributed by atoms with Crippen LogP contribution in [0.25, 0.3) is 0 Å². The Balaban J connectivity index is -0.000000208. The number of halogens is 1. The standard InChI is InChI=1S/C15H31NO5Si.C10H19NO5.C9H17NO5.C6H15ClSi.C5H11NO3.C4H9NO3/c1-10(17)11(16-13(19)20-14(2,3)4)12(18)21-22(8,9)15(5,6)7;1-6(12)7(8(13)15-5)11-9(14)16-10(2,3)4;1-5(11)6(7(12)13)10-8(14)15-9(2,3)4;1-6(2,3)8(4,5)7;1-3(7)4(6)5(8)9-2;1-2(6)3(5)4(7)8/h10-11,17H,1-9H3,(H,16,19);6-7,12H,1-5H3,(H,11,14);5-6,11H,1-4H3,(H,10,14)(H,12,13);1-5H3;3-4,7H,6H2,1-2H3;2-3,6H,5H2,1H3,(H,7,8)/t10-,11-;6-,7-;5-,6-;;3-,4-;2-,3-/m111.11/s1. The van der Waals surface area contributed by atoms with Crippen LogP contribution in [0.3, 0.4) is 0 Å². The van der Waals surface area contributed by atoms with Crippen molar-refractivity contribution in [1.82, 2.24) is 16.0 Å². The summed E-state index contributed by atoms with van der Waals surface area (Å²) in [5.74, 6) is -4.44. The van der Waals surface area contributed by atoms with Gasteiger partial charge in [-0.3, -0.25) is 14.4 Å². The molecule has 29 heteroatoms. The largest absolute Gasteiger partial charge is 0.518 e. The van der Waals surface area contributed by atoms with Crippen molar-refractivity contribution in [2.75, 3.05) is 14.2 Å². The molecule has 3 amide bonds. The van der Waals surface area contributed by atoms with E-state index in [4.69, 9.17) is 66.7 Å². The Labute approximate surface area is 469 Å². The fraction of sp³-hybridized carbons (Fsp3) is 0.837. The number of nitrogens with one attached hydrogen (secondary N) is 3. The first-order valence-electron chi connectivity index (χ1n) is 24.7. The van der Waals surface area contributed by atoms with Crippen LogP contribution in [-0.4, -0.2) is 191 Å². The summed E-state index contributed by atoms with van der Waals surface area (Å²) < 4.78 is 29.2. The third-order valence-electron chi connectivity index (χ3n) is 10.2. The van der Waals surface area contributed by atoms with E-state index in [0.29, 0.717) is 5.04 Å². The number of amides is 3. The molecule has 0 saturated carbocycles. The van der Waals surface area contributed by atoms with Gasteiger partial charge in [0.2, 0.25) is 0 Å². The summed E-state index contributed by atoms with van der Waals surface area (Å²) >= 11 is 6.15. The molecule has 0 bridgehead atoms. The third-order valence-corrected chi connectivity index (χ3v) is 19.8. The first-order valence-corrected chi connectivity index (χ1v) is 31.6. The normalized spacial score (nSPS) is 15.6. The summed E-state index contributed by atoms with van der Waals surface area (Å²) in [6.07, 6.45) is -7.55. The molecule has 0 rings (SSSR count). The van der Waals surface area contributed by atoms with E-state index >= 15 is 0 Å². The number of rotatable bonds is 14. The van der Waals surface area contributed by atoms with Crippen LogP contribution in [0.2, 0.25) is 36.3 Å². The molecular formula is C49H102ClN5O21Si2. The van der Waals surface area contributed by atoms with Crippen LogP contribution in [0.15, 0.2) is 0 Å². The molecule has 0 aromatic rings. The lowest BCUT2D eigenvalue weighted by Crippen LogP contribution is -2.54. The lowest BCUT2D eigenvalue weighted by atomic mass is 10.2. The Hall–Kier alpha value is -4.40. The molecule has 26 nitrogen and oxygen atoms in total. The maximum atomic E-state index is 12.3. The minimum Gasteiger partial charge on any atom is -0.518 e. The van der Waals surface area contributed by atoms with E-state index in [1.54, 1.807) is 62.3 Å². The van der Waals surface area contributed by atoms with Gasteiger partial charge >= 0.3 is 48.1 Å². The van der Waals surface area contributed by atoms with E-state index in [2.05, 4.69) is 59.3 Å². The maximum absolute atomic E-state index is 12.3. The van der Waals surface area contributed by atoms with Gasteiger partial charge < -0.3 is 91.3 Å². The lowest BCUT2D eigenvalue weighted by molar-refractivity contribution is -0.146. The van der Waals surface area contributed by atoms with Gasteiger partial charge in [-0.15, -0.1) is 0 Å². The number of carboxylic acid groups (broad SMARTS) is 2. The van der Waals surface area contributed by atoms with E-state index in [9.17, 15) is 48.6 Å². The molecule has 0 aliphatic heterocycles. The molecule has 0 saturated heterocycles. The number of carbonyl (C=O) groups is 8. The van der Waals surface area contributed by atoms with Crippen molar-refractivity contribution >= 4 is 74.9 Å². The predicted octanol–water partition coefficient (Wildman–Crippen LogP) is 4.46. The second kappa shape index (κ2) is 36.8. The average molecular weight is 1190 g/mol. The molecule has 0 unspecified atom stereocenters. The summed E-state index contributed by atoms with van der Waals surface area (Å²) in [4.78, 5) is 88.8. The highest BCUT2D eigenvalue weighted by Gasteiger charge is 2.43. The van der Waals surface area contributed by atoms with Gasteiger partial charge in [-0.1, -0.05) is 54.6 Å². The van der Waals surface area contributed by atoms with Crippen LogP contribution in [0.1, 0.15) is 138 Å². The number of alkyl carbamates (subject to hydrolysis) is 3. The van der Waals surface area contributed by atoms with Gasteiger partial charge in [-0.05, 0) is 120 Å². The smallest absolute Gasteiger partial charge is 0.408 e. The van der Waals surface area contributed by atoms with Crippen molar-refractivity contribution in [3.63, 3.8) is 0 Å². The van der Waals surface area contributed by atoms with E-state index < -0.39 is 141 Å². The van der Waals surface area contributed by atoms with Crippen molar-refractivity contribution in [3.8, 4) is 0 Å². The maximum Gasteiger partial charge on any atom is 0.408 e. The first kappa shape index (κ1) is 84.9. The number of aliphatic hydroxyl groups excluding tert-OH is 5. The van der Waals surface area contributed by atoms with Crippen molar-refractivity contribution in [1.29, 1.82) is 0 Å². The minimum absolute atomic E-state index is 0.155. The number of esters is 2. The lowest BCUT2D eigenvalue weighted by Gasteiger charge is -2.37. The number of methoxy groups -OCH3 is 2. The Morgan fingerprint density at radius 1 is 0.436 bits per heavy atom. The van der Waals surface area contributed by atoms with Gasteiger partial charge in [0, 0.05) is 0 Å². The zero-order valence-corrected chi connectivity index (χ0v) is 53.9. The van der Waals surface area contributed by atoms with Crippen molar-refractivity contribution in [2.45, 2.75) is 252 Å². The predicted molar refractivity (Wildman–Crippen MR) is 299 cm³/mol. The minimum atomic E-state index is -2.33. The molecule has 0 spiro atoms. The van der Waals surface area contributed by atoms with E-state index in [0.717, 1.165) is 0 Å². The molecule has 10 atom stereocenters. The zero-order valence-electron chi connectivity index (χ0n) is 51.2. The number of hydrogen-bond acceptors (Lipinski definition) is 21. The fourth-order valence-electron chi connectivity index (χ4n) is 3.58. The second-order valence-electron chi connectivity index (χ2n) is 23.8. The van der Waals surface area contributed by atoms with Crippen molar-refractivity contribution in [3.05, 3.63) is 0 Å². The molecule has 0 aliphatic rings. The van der Waals surface area contributed by atoms with Crippen LogP contribution in [0.5, 0.6) is 0 Å². The Kier molecular flexibility index (Phi) is 40.0. The van der Waals surface area contributed by atoms with Crippen molar-refractivity contribution < 1.29 is 102 Å². The molecule has 0 aromatic carbocycles. The van der Waals surface area contributed by atoms with Gasteiger partial charge in [0.25, 0.3) is 8.32 Å². The highest BCUT2D eigenvalue weighted by Crippen LogP contribution is 2.38. The van der Waals surface area contributed by atoms with Crippen LogP contribution in [0.4, 0.5) is 14.4 Å². The Morgan fingerprint density at radius 2 is 0.692 bits per heavy atom. The van der Waals surface area contributed by atoms with E-state index in [1.807, 2.05) is 33.9 Å². The highest BCUT2D eigenvalue weighted by atomic mass is 35.6. The molecule has 0 aliphatic carbocycles. The van der Waals surface area contributed by atoms with Gasteiger partial charge in [-0.25, -0.2) is 24.0 Å². The number of hydrogen-bond donors (Lipinski definition) is 12. The molecule has 14 N–H and O–H groups in total. The SMILES string of the molecule is CC(C)(C)[Si](C)(C)Cl.COC(=O)[C@H](N)[C@@H](C)O.COC(=O)[C@H](NC(=O)OC(C)(C)C)[C@@H](C)O.C[C@@H](O)[C@@H](N)C(=O)O.C[C@@H](O)[C@@H](NC(=O)OC(C)(C)C)C(=O)O.C[C@@H](O)[C@@H](NC(=O)OC(C)(C)C)C(=O)O[Si](C)(C)C(C)(C)C. The van der Waals surface area contributed by atoms with Crippen LogP contribution in [0, 0.1) is 0 Å². The molecule has 464 valence electrons. The van der Waals surface area contributed by atoms with E-state index in [-0.39, 0.29) is 5.04 Å². The number of aliphatic hydroxyl groups is 5. The summed E-state index contributed by atoms with van der Waals surface area (Å²) in [5.41, 5.74) is 8.01. The molecule has 0 fully saturated rings. The van der Waals surface area contributed by atoms with Gasteiger partial charge in [-0.2, -0.15) is 11.1 Å². The number of aliphatic carboxylic acids is 2. The quantitative estimate of drug-likeness (QED) is 0.0494. The summed E-state index contributed by atoms with van der Waals surface area (Å²) in [5, 5.41) is 68.9. The van der Waals surface area contributed by atoms with Crippen LogP contribution < -0.4 is 27.4 Å². The van der Waals surface area contributed by atoms with Gasteiger partial charge in [0.1, 0.15) is 28.9 Å². The Bertz CT molecular complexity index is 1800. The van der Waals surface area contributed by atoms with Crippen LogP contribution in [-0.2, 0) is 52.1 Å². The topological polar surface area (TPSA) is 422 Å². The monoisotopic (exact) mass is 1190 g/mol. The van der Waals surface area contributed by atoms with Crippen LogP contribution >= 0.6 is 11.1 Å². The number of carboxylic acids is 2. The Morgan fingerprint density at radius 3 is 0.846 bits per heavy atom. The number of ether oxygens (including phenoxy) is 5. The molecular weight excluding hydrogens is 1090 g/mol. The average Bonchev–Trinajstić information content (AvgIpc) is 3.20. The summed E-state index contributed by atoms with van der Waals surface area (Å²) in [7, 11) is -1.31. The molecule has 0 radical (unpaired) electrons. The first-order chi connectivity index (χ1) is 34.3. The van der Waals surface area contributed by atoms with Crippen molar-refractivity contribution in [2.24, 2.45) is 11.5 Å². The van der Waals surface area contributed by atoms with E-state index in [1.165, 1.54) is 48.8 Å². The van der Waals surface area contributed by atoms with Gasteiger partial charge in [0.15, 0.2) is 25.5 Å². The molecule has 78 heavy (non-hydrogen) atoms. The number of nitrogens with two attached hydrogens (primary N) is 2. The second-order valence-corrected chi connectivity index (χ2v) is 35.8. The highest BCUT2D eigenvalue weighted by molar-refractivity contribution is 7.20. The third kappa shape index (κ3) is 44.5. The fourth-order valence-corrected chi connectivity index (χ4v) is 4.52. The zero-order chi connectivity index (χ0) is 64.3. The number of carbonyl (C=O) groups excluding carboxylic acids is 6. The van der Waals surface area contributed by atoms with Gasteiger partial charge in [0.05, 0.1) is 44.7 Å². The molecule has 0 aromatic heterocycles. The molecule has 0 heterocycles.